The molecule has 2 atom stereocenters. The first kappa shape index (κ1) is 18.8. The fourth-order valence-corrected chi connectivity index (χ4v) is 3.26. The Labute approximate surface area is 138 Å². The van der Waals surface area contributed by atoms with E-state index in [4.69, 9.17) is 10.5 Å². The van der Waals surface area contributed by atoms with Gasteiger partial charge < -0.3 is 15.8 Å². The summed E-state index contributed by atoms with van der Waals surface area (Å²) >= 11 is 1.53. The SMILES string of the molecule is COc1ccc(SC(C)C(=O)NC(C)(CN)CC(C)C)cc1. The Bertz CT molecular complexity index is 476. The van der Waals surface area contributed by atoms with Crippen LogP contribution in [-0.4, -0.2) is 30.4 Å². The molecule has 22 heavy (non-hydrogen) atoms. The van der Waals surface area contributed by atoms with Crippen molar-refractivity contribution in [3.05, 3.63) is 24.3 Å². The molecule has 0 saturated carbocycles. The Morgan fingerprint density at radius 3 is 2.36 bits per heavy atom. The Morgan fingerprint density at radius 2 is 1.91 bits per heavy atom. The number of ether oxygens (including phenoxy) is 1. The molecule has 1 amide bonds. The van der Waals surface area contributed by atoms with E-state index in [2.05, 4.69) is 19.2 Å². The van der Waals surface area contributed by atoms with Crippen LogP contribution in [0.3, 0.4) is 0 Å². The lowest BCUT2D eigenvalue weighted by molar-refractivity contribution is -0.122. The molecule has 2 unspecified atom stereocenters. The highest BCUT2D eigenvalue weighted by atomic mass is 32.2. The van der Waals surface area contributed by atoms with Crippen LogP contribution >= 0.6 is 11.8 Å². The molecule has 0 spiro atoms. The first-order chi connectivity index (χ1) is 10.3. The molecule has 0 radical (unpaired) electrons. The van der Waals surface area contributed by atoms with Gasteiger partial charge in [0.05, 0.1) is 12.4 Å². The number of hydrogen-bond acceptors (Lipinski definition) is 4. The minimum Gasteiger partial charge on any atom is -0.497 e. The lowest BCUT2D eigenvalue weighted by Crippen LogP contribution is -2.54. The van der Waals surface area contributed by atoms with Crippen LogP contribution in [0.1, 0.15) is 34.1 Å². The van der Waals surface area contributed by atoms with Gasteiger partial charge in [-0.3, -0.25) is 4.79 Å². The second kappa shape index (κ2) is 8.44. The van der Waals surface area contributed by atoms with Crippen molar-refractivity contribution < 1.29 is 9.53 Å². The number of hydrogen-bond donors (Lipinski definition) is 2. The molecule has 0 aliphatic rings. The molecule has 0 saturated heterocycles. The first-order valence-corrected chi connectivity index (χ1v) is 8.50. The van der Waals surface area contributed by atoms with Crippen molar-refractivity contribution >= 4 is 17.7 Å². The topological polar surface area (TPSA) is 64.3 Å². The minimum absolute atomic E-state index is 0.0226. The summed E-state index contributed by atoms with van der Waals surface area (Å²) in [7, 11) is 1.64. The van der Waals surface area contributed by atoms with Crippen molar-refractivity contribution in [2.24, 2.45) is 11.7 Å². The number of thioether (sulfide) groups is 1. The maximum atomic E-state index is 12.4. The quantitative estimate of drug-likeness (QED) is 0.721. The maximum absolute atomic E-state index is 12.4. The molecular formula is C17H28N2O2S. The lowest BCUT2D eigenvalue weighted by atomic mass is 9.90. The highest BCUT2D eigenvalue weighted by molar-refractivity contribution is 8.00. The monoisotopic (exact) mass is 324 g/mol. The largest absolute Gasteiger partial charge is 0.497 e. The number of benzene rings is 1. The highest BCUT2D eigenvalue weighted by Gasteiger charge is 2.28. The third kappa shape index (κ3) is 5.89. The van der Waals surface area contributed by atoms with E-state index in [0.717, 1.165) is 17.1 Å². The van der Waals surface area contributed by atoms with E-state index >= 15 is 0 Å². The van der Waals surface area contributed by atoms with Gasteiger partial charge in [-0.1, -0.05) is 13.8 Å². The predicted molar refractivity (Wildman–Crippen MR) is 93.4 cm³/mol. The summed E-state index contributed by atoms with van der Waals surface area (Å²) < 4.78 is 5.14. The Hall–Kier alpha value is -1.20. The van der Waals surface area contributed by atoms with Crippen molar-refractivity contribution in [3.63, 3.8) is 0 Å². The van der Waals surface area contributed by atoms with Crippen molar-refractivity contribution in [1.82, 2.24) is 5.32 Å². The van der Waals surface area contributed by atoms with Gasteiger partial charge in [-0.15, -0.1) is 11.8 Å². The van der Waals surface area contributed by atoms with Crippen molar-refractivity contribution in [1.29, 1.82) is 0 Å². The molecule has 0 aliphatic heterocycles. The van der Waals surface area contributed by atoms with E-state index in [9.17, 15) is 4.79 Å². The number of rotatable bonds is 8. The normalized spacial score (nSPS) is 15.2. The number of nitrogens with one attached hydrogen (secondary N) is 1. The van der Waals surface area contributed by atoms with E-state index in [1.807, 2.05) is 38.1 Å². The number of carbonyl (C=O) groups excluding carboxylic acids is 1. The Balaban J connectivity index is 2.63. The van der Waals surface area contributed by atoms with Gasteiger partial charge in [0.2, 0.25) is 5.91 Å². The third-order valence-electron chi connectivity index (χ3n) is 3.48. The van der Waals surface area contributed by atoms with Crippen molar-refractivity contribution in [3.8, 4) is 5.75 Å². The average Bonchev–Trinajstić information content (AvgIpc) is 2.47. The number of carbonyl (C=O) groups is 1. The fraction of sp³-hybridized carbons (Fsp3) is 0.588. The molecule has 0 aromatic heterocycles. The Morgan fingerprint density at radius 1 is 1.32 bits per heavy atom. The summed E-state index contributed by atoms with van der Waals surface area (Å²) in [6, 6.07) is 7.72. The van der Waals surface area contributed by atoms with E-state index in [1.165, 1.54) is 11.8 Å². The molecule has 0 aliphatic carbocycles. The lowest BCUT2D eigenvalue weighted by Gasteiger charge is -2.32. The summed E-state index contributed by atoms with van der Waals surface area (Å²) in [5.41, 5.74) is 5.51. The minimum atomic E-state index is -0.347. The van der Waals surface area contributed by atoms with Gasteiger partial charge >= 0.3 is 0 Å². The molecule has 0 fully saturated rings. The van der Waals surface area contributed by atoms with Crippen molar-refractivity contribution in [2.75, 3.05) is 13.7 Å². The molecule has 1 aromatic carbocycles. The van der Waals surface area contributed by atoms with Gasteiger partial charge in [0.15, 0.2) is 0 Å². The average molecular weight is 324 g/mol. The maximum Gasteiger partial charge on any atom is 0.233 e. The van der Waals surface area contributed by atoms with Crippen LogP contribution in [0.15, 0.2) is 29.2 Å². The van der Waals surface area contributed by atoms with Gasteiger partial charge in [-0.25, -0.2) is 0 Å². The summed E-state index contributed by atoms with van der Waals surface area (Å²) in [6.07, 6.45) is 0.870. The molecule has 5 heteroatoms. The molecule has 1 rings (SSSR count). The van der Waals surface area contributed by atoms with Gasteiger partial charge in [-0.05, 0) is 50.5 Å². The smallest absolute Gasteiger partial charge is 0.233 e. The fourth-order valence-electron chi connectivity index (χ4n) is 2.40. The summed E-state index contributed by atoms with van der Waals surface area (Å²) in [5.74, 6) is 1.32. The summed E-state index contributed by atoms with van der Waals surface area (Å²) in [4.78, 5) is 13.5. The van der Waals surface area contributed by atoms with Crippen LogP contribution in [0.25, 0.3) is 0 Å². The molecule has 124 valence electrons. The number of amides is 1. The molecular weight excluding hydrogens is 296 g/mol. The zero-order valence-corrected chi connectivity index (χ0v) is 15.0. The number of methoxy groups -OCH3 is 1. The Kier molecular flexibility index (Phi) is 7.23. The van der Waals surface area contributed by atoms with Gasteiger partial charge in [-0.2, -0.15) is 0 Å². The van der Waals surface area contributed by atoms with E-state index in [1.54, 1.807) is 7.11 Å². The van der Waals surface area contributed by atoms with Crippen LogP contribution < -0.4 is 15.8 Å². The zero-order chi connectivity index (χ0) is 16.8. The van der Waals surface area contributed by atoms with Crippen LogP contribution in [0.4, 0.5) is 0 Å². The molecule has 0 bridgehead atoms. The number of nitrogens with two attached hydrogens (primary N) is 1. The van der Waals surface area contributed by atoms with E-state index < -0.39 is 0 Å². The highest BCUT2D eigenvalue weighted by Crippen LogP contribution is 2.26. The standard InChI is InChI=1S/C17H28N2O2S/c1-12(2)10-17(4,11-18)19-16(20)13(3)22-15-8-6-14(21-5)7-9-15/h6-9,12-13H,10-11,18H2,1-5H3,(H,19,20). The molecule has 0 heterocycles. The van der Waals surface area contributed by atoms with Gasteiger partial charge in [0, 0.05) is 17.0 Å². The van der Waals surface area contributed by atoms with Crippen LogP contribution in [0.5, 0.6) is 5.75 Å². The van der Waals surface area contributed by atoms with E-state index in [0.29, 0.717) is 12.5 Å². The molecule has 1 aromatic rings. The zero-order valence-electron chi connectivity index (χ0n) is 14.2. The van der Waals surface area contributed by atoms with Gasteiger partial charge in [0.25, 0.3) is 0 Å². The summed E-state index contributed by atoms with van der Waals surface area (Å²) in [6.45, 7) is 8.63. The second-order valence-corrected chi connectivity index (χ2v) is 7.70. The molecule has 3 N–H and O–H groups in total. The van der Waals surface area contributed by atoms with Crippen LogP contribution in [0, 0.1) is 5.92 Å². The first-order valence-electron chi connectivity index (χ1n) is 7.62. The predicted octanol–water partition coefficient (Wildman–Crippen LogP) is 3.06. The third-order valence-corrected chi connectivity index (χ3v) is 4.59. The summed E-state index contributed by atoms with van der Waals surface area (Å²) in [5, 5.41) is 2.93. The van der Waals surface area contributed by atoms with Crippen LogP contribution in [0.2, 0.25) is 0 Å². The molecule has 4 nitrogen and oxygen atoms in total. The second-order valence-electron chi connectivity index (χ2n) is 6.29. The van der Waals surface area contributed by atoms with Crippen molar-refractivity contribution in [2.45, 2.75) is 49.8 Å². The van der Waals surface area contributed by atoms with Gasteiger partial charge in [0.1, 0.15) is 5.75 Å². The van der Waals surface area contributed by atoms with E-state index in [-0.39, 0.29) is 16.7 Å². The van der Waals surface area contributed by atoms with Crippen LogP contribution in [-0.2, 0) is 4.79 Å².